The molecule has 1 aliphatic carbocycles. The number of rotatable bonds is 6. The van der Waals surface area contributed by atoms with Crippen molar-refractivity contribution in [1.29, 1.82) is 0 Å². The zero-order chi connectivity index (χ0) is 18.9. The highest BCUT2D eigenvalue weighted by Crippen LogP contribution is 2.31. The Kier molecular flexibility index (Phi) is 5.19. The Morgan fingerprint density at radius 3 is 2.73 bits per heavy atom. The van der Waals surface area contributed by atoms with Crippen LogP contribution in [0.15, 0.2) is 23.9 Å². The number of alkyl halides is 3. The predicted octanol–water partition coefficient (Wildman–Crippen LogP) is 2.99. The summed E-state index contributed by atoms with van der Waals surface area (Å²) in [5.74, 6) is 0.221. The Morgan fingerprint density at radius 2 is 2.12 bits per heavy atom. The van der Waals surface area contributed by atoms with Crippen LogP contribution in [-0.2, 0) is 16.1 Å². The second-order valence-corrected chi connectivity index (χ2v) is 6.46. The van der Waals surface area contributed by atoms with E-state index in [1.54, 1.807) is 29.2 Å². The maximum atomic E-state index is 12.4. The van der Waals surface area contributed by atoms with Crippen LogP contribution < -0.4 is 10.1 Å². The topological polar surface area (TPSA) is 50.8 Å². The van der Waals surface area contributed by atoms with Crippen LogP contribution in [0.1, 0.15) is 24.0 Å². The van der Waals surface area contributed by atoms with Crippen molar-refractivity contribution in [2.75, 3.05) is 13.7 Å². The number of nitrogens with one attached hydrogen (secondary N) is 1. The molecule has 1 heterocycles. The first kappa shape index (κ1) is 18.7. The molecule has 140 valence electrons. The van der Waals surface area contributed by atoms with Gasteiger partial charge < -0.3 is 14.8 Å². The Morgan fingerprint density at radius 1 is 1.38 bits per heavy atom. The lowest BCUT2D eigenvalue weighted by Crippen LogP contribution is -2.32. The van der Waals surface area contributed by atoms with Gasteiger partial charge in [-0.25, -0.2) is 0 Å². The Bertz CT molecular complexity index is 760. The summed E-state index contributed by atoms with van der Waals surface area (Å²) in [5.41, 5.74) is 1.43. The van der Waals surface area contributed by atoms with Crippen molar-refractivity contribution < 1.29 is 27.4 Å². The van der Waals surface area contributed by atoms with Gasteiger partial charge in [0.25, 0.3) is 5.91 Å². The first-order valence-corrected chi connectivity index (χ1v) is 8.37. The molecule has 0 spiro atoms. The Labute approximate surface area is 153 Å². The van der Waals surface area contributed by atoms with Gasteiger partial charge in [-0.15, -0.1) is 0 Å². The standard InChI is InChI=1S/C17H17F3N2O3S/c1-24-14-5-2-10(6-11(14)8-25-9-17(18,19)20)7-13-15(23)22(12-3-4-12)16(26)21-13/h2,5-7,12H,3-4,8-9H2,1H3,(H,21,26)/b13-7+. The van der Waals surface area contributed by atoms with Crippen LogP contribution >= 0.6 is 12.2 Å². The summed E-state index contributed by atoms with van der Waals surface area (Å²) in [6, 6.07) is 5.11. The van der Waals surface area contributed by atoms with Gasteiger partial charge in [0.2, 0.25) is 0 Å². The molecule has 0 bridgehead atoms. The van der Waals surface area contributed by atoms with E-state index in [1.165, 1.54) is 7.11 Å². The SMILES string of the molecule is COc1ccc(/C=C2/NC(=S)N(C3CC3)C2=O)cc1COCC(F)(F)F. The molecular formula is C17H17F3N2O3S. The molecule has 1 amide bonds. The number of benzene rings is 1. The number of hydrogen-bond acceptors (Lipinski definition) is 4. The molecule has 2 aliphatic rings. The lowest BCUT2D eigenvalue weighted by atomic mass is 10.1. The minimum absolute atomic E-state index is 0.163. The summed E-state index contributed by atoms with van der Waals surface area (Å²) in [6.07, 6.45) is -0.910. The fourth-order valence-electron chi connectivity index (χ4n) is 2.66. The van der Waals surface area contributed by atoms with Gasteiger partial charge in [-0.1, -0.05) is 6.07 Å². The van der Waals surface area contributed by atoms with Gasteiger partial charge in [-0.05, 0) is 48.8 Å². The third kappa shape index (κ3) is 4.34. The van der Waals surface area contributed by atoms with E-state index < -0.39 is 12.8 Å². The maximum absolute atomic E-state index is 12.4. The fourth-order valence-corrected chi connectivity index (χ4v) is 3.00. The van der Waals surface area contributed by atoms with E-state index >= 15 is 0 Å². The van der Waals surface area contributed by atoms with Crippen LogP contribution in [0.25, 0.3) is 6.08 Å². The third-order valence-electron chi connectivity index (χ3n) is 3.96. The molecule has 0 atom stereocenters. The fraction of sp³-hybridized carbons (Fsp3) is 0.412. The highest BCUT2D eigenvalue weighted by molar-refractivity contribution is 7.80. The molecule has 5 nitrogen and oxygen atoms in total. The summed E-state index contributed by atoms with van der Waals surface area (Å²) < 4.78 is 46.6. The Hall–Kier alpha value is -2.13. The van der Waals surface area contributed by atoms with E-state index in [0.29, 0.717) is 27.7 Å². The van der Waals surface area contributed by atoms with Crippen molar-refractivity contribution in [2.24, 2.45) is 0 Å². The zero-order valence-corrected chi connectivity index (χ0v) is 14.7. The van der Waals surface area contributed by atoms with Crippen LogP contribution in [0.2, 0.25) is 0 Å². The van der Waals surface area contributed by atoms with Gasteiger partial charge in [0.15, 0.2) is 5.11 Å². The summed E-state index contributed by atoms with van der Waals surface area (Å²) >= 11 is 5.19. The number of carbonyl (C=O) groups is 1. The van der Waals surface area contributed by atoms with Gasteiger partial charge in [-0.2, -0.15) is 13.2 Å². The van der Waals surface area contributed by atoms with Crippen molar-refractivity contribution in [3.8, 4) is 5.75 Å². The summed E-state index contributed by atoms with van der Waals surface area (Å²) in [7, 11) is 1.43. The van der Waals surface area contributed by atoms with Crippen molar-refractivity contribution in [2.45, 2.75) is 31.7 Å². The molecule has 1 N–H and O–H groups in total. The molecule has 1 aromatic rings. The van der Waals surface area contributed by atoms with E-state index in [9.17, 15) is 18.0 Å². The van der Waals surface area contributed by atoms with Crippen molar-refractivity contribution in [3.63, 3.8) is 0 Å². The number of carbonyl (C=O) groups excluding carboxylic acids is 1. The molecule has 1 aliphatic heterocycles. The summed E-state index contributed by atoms with van der Waals surface area (Å²) in [5, 5.41) is 3.27. The normalized spacial score (nSPS) is 19.2. The molecule has 26 heavy (non-hydrogen) atoms. The number of ether oxygens (including phenoxy) is 2. The van der Waals surface area contributed by atoms with E-state index in [-0.39, 0.29) is 18.6 Å². The largest absolute Gasteiger partial charge is 0.496 e. The third-order valence-corrected chi connectivity index (χ3v) is 4.26. The van der Waals surface area contributed by atoms with Gasteiger partial charge in [0, 0.05) is 11.6 Å². The molecular weight excluding hydrogens is 369 g/mol. The van der Waals surface area contributed by atoms with Gasteiger partial charge in [0.1, 0.15) is 18.1 Å². The summed E-state index contributed by atoms with van der Waals surface area (Å²) in [4.78, 5) is 14.0. The van der Waals surface area contributed by atoms with Crippen molar-refractivity contribution >= 4 is 29.3 Å². The van der Waals surface area contributed by atoms with E-state index in [2.05, 4.69) is 5.32 Å². The minimum atomic E-state index is -4.39. The van der Waals surface area contributed by atoms with E-state index in [1.807, 2.05) is 0 Å². The second kappa shape index (κ2) is 7.24. The number of amides is 1. The smallest absolute Gasteiger partial charge is 0.411 e. The molecule has 1 aromatic carbocycles. The van der Waals surface area contributed by atoms with Gasteiger partial charge in [0.05, 0.1) is 13.7 Å². The van der Waals surface area contributed by atoms with E-state index in [0.717, 1.165) is 12.8 Å². The number of thiocarbonyl (C=S) groups is 1. The molecule has 0 aromatic heterocycles. The number of halogens is 3. The zero-order valence-electron chi connectivity index (χ0n) is 13.9. The highest BCUT2D eigenvalue weighted by Gasteiger charge is 2.41. The molecule has 0 unspecified atom stereocenters. The van der Waals surface area contributed by atoms with Crippen LogP contribution in [0.5, 0.6) is 5.75 Å². The molecule has 3 rings (SSSR count). The minimum Gasteiger partial charge on any atom is -0.496 e. The first-order chi connectivity index (χ1) is 12.3. The molecule has 1 saturated heterocycles. The summed E-state index contributed by atoms with van der Waals surface area (Å²) in [6.45, 7) is -1.60. The van der Waals surface area contributed by atoms with Gasteiger partial charge >= 0.3 is 6.18 Å². The van der Waals surface area contributed by atoms with Crippen LogP contribution in [-0.4, -0.2) is 41.9 Å². The highest BCUT2D eigenvalue weighted by atomic mass is 32.1. The van der Waals surface area contributed by atoms with Crippen molar-refractivity contribution in [1.82, 2.24) is 10.2 Å². The lowest BCUT2D eigenvalue weighted by Gasteiger charge is -2.12. The molecule has 9 heteroatoms. The van der Waals surface area contributed by atoms with Crippen molar-refractivity contribution in [3.05, 3.63) is 35.0 Å². The quantitative estimate of drug-likeness (QED) is 0.602. The number of nitrogens with zero attached hydrogens (tertiary/aromatic N) is 1. The first-order valence-electron chi connectivity index (χ1n) is 7.96. The maximum Gasteiger partial charge on any atom is 0.411 e. The number of hydrogen-bond donors (Lipinski definition) is 1. The second-order valence-electron chi connectivity index (χ2n) is 6.07. The predicted molar refractivity (Wildman–Crippen MR) is 92.3 cm³/mol. The van der Waals surface area contributed by atoms with Crippen LogP contribution in [0.3, 0.4) is 0 Å². The number of methoxy groups -OCH3 is 1. The van der Waals surface area contributed by atoms with Crippen LogP contribution in [0, 0.1) is 0 Å². The van der Waals surface area contributed by atoms with Crippen LogP contribution in [0.4, 0.5) is 13.2 Å². The van der Waals surface area contributed by atoms with E-state index in [4.69, 9.17) is 21.7 Å². The lowest BCUT2D eigenvalue weighted by molar-refractivity contribution is -0.176. The Balaban J connectivity index is 1.77. The average molecular weight is 386 g/mol. The van der Waals surface area contributed by atoms with Gasteiger partial charge in [-0.3, -0.25) is 9.69 Å². The average Bonchev–Trinajstić information content (AvgIpc) is 3.34. The molecule has 1 saturated carbocycles. The monoisotopic (exact) mass is 386 g/mol. The molecule has 2 fully saturated rings. The molecule has 0 radical (unpaired) electrons.